The van der Waals surface area contributed by atoms with Gasteiger partial charge in [0, 0.05) is 25.0 Å². The van der Waals surface area contributed by atoms with Crippen molar-refractivity contribution in [3.8, 4) is 0 Å². The SMILES string of the molecule is CC(=O)CC(=O)NC(C)Cn1ccnc1. The van der Waals surface area contributed by atoms with Crippen LogP contribution in [0.4, 0.5) is 0 Å². The number of imidazole rings is 1. The zero-order valence-electron chi connectivity index (χ0n) is 8.93. The van der Waals surface area contributed by atoms with Gasteiger partial charge in [-0.05, 0) is 13.8 Å². The number of hydrogen-bond donors (Lipinski definition) is 1. The number of amides is 1. The van der Waals surface area contributed by atoms with E-state index in [0.29, 0.717) is 6.54 Å². The minimum absolute atomic E-state index is 0.00829. The van der Waals surface area contributed by atoms with Crippen LogP contribution in [0.25, 0.3) is 0 Å². The van der Waals surface area contributed by atoms with Crippen LogP contribution in [0.5, 0.6) is 0 Å². The number of carbonyl (C=O) groups is 2. The summed E-state index contributed by atoms with van der Waals surface area (Å²) in [6.07, 6.45) is 5.15. The fraction of sp³-hybridized carbons (Fsp3) is 0.500. The van der Waals surface area contributed by atoms with Gasteiger partial charge in [-0.3, -0.25) is 9.59 Å². The van der Waals surface area contributed by atoms with Crippen molar-refractivity contribution in [3.63, 3.8) is 0 Å². The van der Waals surface area contributed by atoms with Gasteiger partial charge in [-0.25, -0.2) is 4.98 Å². The van der Waals surface area contributed by atoms with Crippen LogP contribution in [0.2, 0.25) is 0 Å². The molecule has 1 atom stereocenters. The molecule has 15 heavy (non-hydrogen) atoms. The van der Waals surface area contributed by atoms with E-state index in [-0.39, 0.29) is 24.2 Å². The van der Waals surface area contributed by atoms with Crippen molar-refractivity contribution in [1.82, 2.24) is 14.9 Å². The van der Waals surface area contributed by atoms with Crippen molar-refractivity contribution in [2.45, 2.75) is 32.9 Å². The lowest BCUT2D eigenvalue weighted by Gasteiger charge is -2.13. The molecule has 1 unspecified atom stereocenters. The first-order valence-corrected chi connectivity index (χ1v) is 4.82. The van der Waals surface area contributed by atoms with Crippen molar-refractivity contribution < 1.29 is 9.59 Å². The van der Waals surface area contributed by atoms with Crippen molar-refractivity contribution in [1.29, 1.82) is 0 Å². The highest BCUT2D eigenvalue weighted by Crippen LogP contribution is 1.92. The number of rotatable bonds is 5. The molecule has 1 N–H and O–H groups in total. The quantitative estimate of drug-likeness (QED) is 0.712. The summed E-state index contributed by atoms with van der Waals surface area (Å²) in [5.41, 5.74) is 0. The first kappa shape index (κ1) is 11.4. The average molecular weight is 209 g/mol. The highest BCUT2D eigenvalue weighted by Gasteiger charge is 2.09. The summed E-state index contributed by atoms with van der Waals surface area (Å²) in [5.74, 6) is -0.350. The standard InChI is InChI=1S/C10H15N3O2/c1-8(6-13-4-3-11-7-13)12-10(15)5-9(2)14/h3-4,7-8H,5-6H2,1-2H3,(H,12,15). The third-order valence-electron chi connectivity index (χ3n) is 1.86. The first-order valence-electron chi connectivity index (χ1n) is 4.82. The summed E-state index contributed by atoms with van der Waals surface area (Å²) >= 11 is 0. The zero-order valence-corrected chi connectivity index (χ0v) is 8.93. The predicted molar refractivity (Wildman–Crippen MR) is 55.1 cm³/mol. The molecule has 1 amide bonds. The Morgan fingerprint density at radius 1 is 1.53 bits per heavy atom. The van der Waals surface area contributed by atoms with Crippen molar-refractivity contribution in [3.05, 3.63) is 18.7 Å². The van der Waals surface area contributed by atoms with Gasteiger partial charge in [0.25, 0.3) is 0 Å². The fourth-order valence-corrected chi connectivity index (χ4v) is 1.31. The second-order valence-electron chi connectivity index (χ2n) is 3.61. The average Bonchev–Trinajstić information content (AvgIpc) is 2.53. The van der Waals surface area contributed by atoms with Crippen LogP contribution >= 0.6 is 0 Å². The van der Waals surface area contributed by atoms with E-state index in [1.165, 1.54) is 6.92 Å². The lowest BCUT2D eigenvalue weighted by Crippen LogP contribution is -2.36. The van der Waals surface area contributed by atoms with Gasteiger partial charge < -0.3 is 9.88 Å². The lowest BCUT2D eigenvalue weighted by atomic mass is 10.2. The van der Waals surface area contributed by atoms with Crippen LogP contribution in [-0.4, -0.2) is 27.3 Å². The van der Waals surface area contributed by atoms with E-state index >= 15 is 0 Å². The Balaban J connectivity index is 2.32. The Bertz CT molecular complexity index is 332. The molecule has 1 heterocycles. The van der Waals surface area contributed by atoms with Crippen LogP contribution in [0.3, 0.4) is 0 Å². The van der Waals surface area contributed by atoms with Crippen LogP contribution in [0.1, 0.15) is 20.3 Å². The van der Waals surface area contributed by atoms with E-state index in [9.17, 15) is 9.59 Å². The molecular formula is C10H15N3O2. The van der Waals surface area contributed by atoms with E-state index in [0.717, 1.165) is 0 Å². The minimum Gasteiger partial charge on any atom is -0.351 e. The third kappa shape index (κ3) is 4.39. The van der Waals surface area contributed by atoms with Gasteiger partial charge in [0.2, 0.25) is 5.91 Å². The number of carbonyl (C=O) groups excluding carboxylic acids is 2. The molecule has 0 aliphatic rings. The molecule has 0 saturated carbocycles. The molecule has 1 aromatic heterocycles. The maximum Gasteiger partial charge on any atom is 0.227 e. The Kier molecular flexibility index (Phi) is 4.03. The Morgan fingerprint density at radius 3 is 2.80 bits per heavy atom. The van der Waals surface area contributed by atoms with Gasteiger partial charge in [-0.2, -0.15) is 0 Å². The molecule has 0 aliphatic heterocycles. The van der Waals surface area contributed by atoms with Crippen molar-refractivity contribution >= 4 is 11.7 Å². The normalized spacial score (nSPS) is 12.1. The summed E-state index contributed by atoms with van der Waals surface area (Å²) in [5, 5.41) is 2.74. The summed E-state index contributed by atoms with van der Waals surface area (Å²) in [7, 11) is 0. The Morgan fingerprint density at radius 2 is 2.27 bits per heavy atom. The van der Waals surface area contributed by atoms with E-state index in [1.807, 2.05) is 17.7 Å². The number of ketones is 1. The van der Waals surface area contributed by atoms with Crippen LogP contribution in [0.15, 0.2) is 18.7 Å². The van der Waals surface area contributed by atoms with E-state index in [2.05, 4.69) is 10.3 Å². The maximum absolute atomic E-state index is 11.2. The first-order chi connectivity index (χ1) is 7.08. The van der Waals surface area contributed by atoms with E-state index in [1.54, 1.807) is 12.5 Å². The Hall–Kier alpha value is -1.65. The zero-order chi connectivity index (χ0) is 11.3. The van der Waals surface area contributed by atoms with Crippen LogP contribution < -0.4 is 5.32 Å². The third-order valence-corrected chi connectivity index (χ3v) is 1.86. The molecule has 1 rings (SSSR count). The van der Waals surface area contributed by atoms with Crippen molar-refractivity contribution in [2.24, 2.45) is 0 Å². The van der Waals surface area contributed by atoms with Gasteiger partial charge in [0.15, 0.2) is 0 Å². The Labute approximate surface area is 88.5 Å². The molecule has 82 valence electrons. The number of hydrogen-bond acceptors (Lipinski definition) is 3. The largest absolute Gasteiger partial charge is 0.351 e. The summed E-state index contributed by atoms with van der Waals surface area (Å²) in [6.45, 7) is 3.95. The summed E-state index contributed by atoms with van der Waals surface area (Å²) in [4.78, 5) is 25.8. The van der Waals surface area contributed by atoms with Gasteiger partial charge >= 0.3 is 0 Å². The number of aromatic nitrogens is 2. The van der Waals surface area contributed by atoms with Gasteiger partial charge in [0.05, 0.1) is 12.7 Å². The molecular weight excluding hydrogens is 194 g/mol. The molecule has 0 spiro atoms. The van der Waals surface area contributed by atoms with E-state index in [4.69, 9.17) is 0 Å². The van der Waals surface area contributed by atoms with Gasteiger partial charge in [0.1, 0.15) is 5.78 Å². The highest BCUT2D eigenvalue weighted by atomic mass is 16.2. The van der Waals surface area contributed by atoms with Gasteiger partial charge in [-0.1, -0.05) is 0 Å². The molecule has 0 fully saturated rings. The molecule has 0 bridgehead atoms. The topological polar surface area (TPSA) is 64.0 Å². The molecule has 0 aliphatic carbocycles. The van der Waals surface area contributed by atoms with Crippen molar-refractivity contribution in [2.75, 3.05) is 0 Å². The molecule has 5 nitrogen and oxygen atoms in total. The maximum atomic E-state index is 11.2. The smallest absolute Gasteiger partial charge is 0.227 e. The monoisotopic (exact) mass is 209 g/mol. The summed E-state index contributed by atoms with van der Waals surface area (Å²) < 4.78 is 1.87. The van der Waals surface area contributed by atoms with Crippen LogP contribution in [-0.2, 0) is 16.1 Å². The summed E-state index contributed by atoms with van der Waals surface area (Å²) in [6, 6.07) is -0.00829. The number of nitrogens with zero attached hydrogens (tertiary/aromatic N) is 2. The molecule has 5 heteroatoms. The number of Topliss-reactive ketones (excluding diaryl/α,β-unsaturated/α-hetero) is 1. The molecule has 0 saturated heterocycles. The minimum atomic E-state index is -0.227. The van der Waals surface area contributed by atoms with Gasteiger partial charge in [-0.15, -0.1) is 0 Å². The highest BCUT2D eigenvalue weighted by molar-refractivity contribution is 5.96. The predicted octanol–water partition coefficient (Wildman–Crippen LogP) is 0.367. The molecule has 0 radical (unpaired) electrons. The molecule has 0 aromatic carbocycles. The molecule has 1 aromatic rings. The second-order valence-corrected chi connectivity index (χ2v) is 3.61. The van der Waals surface area contributed by atoms with E-state index < -0.39 is 0 Å². The lowest BCUT2D eigenvalue weighted by molar-refractivity contribution is -0.127. The second kappa shape index (κ2) is 5.29. The fourth-order valence-electron chi connectivity index (χ4n) is 1.31. The van der Waals surface area contributed by atoms with Crippen LogP contribution in [0, 0.1) is 0 Å². The number of nitrogens with one attached hydrogen (secondary N) is 1.